The first-order valence-electron chi connectivity index (χ1n) is 6.23. The largest absolute Gasteiger partial charge is 0.497 e. The highest BCUT2D eigenvalue weighted by Gasteiger charge is 2.40. The molecule has 1 aliphatic rings. The lowest BCUT2D eigenvalue weighted by Gasteiger charge is -2.43. The van der Waals surface area contributed by atoms with Gasteiger partial charge in [-0.1, -0.05) is 12.1 Å². The molecule has 1 fully saturated rings. The topological polar surface area (TPSA) is 43.4 Å². The van der Waals surface area contributed by atoms with E-state index in [1.807, 2.05) is 30.5 Å². The SMILES string of the molecule is COc1ccc(C2(Nc3cccnc3)COC2)cc1. The van der Waals surface area contributed by atoms with E-state index in [1.165, 1.54) is 5.56 Å². The summed E-state index contributed by atoms with van der Waals surface area (Å²) in [7, 11) is 1.67. The van der Waals surface area contributed by atoms with Gasteiger partial charge in [0, 0.05) is 12.4 Å². The molecule has 4 heteroatoms. The van der Waals surface area contributed by atoms with Gasteiger partial charge < -0.3 is 14.8 Å². The Labute approximate surface area is 112 Å². The van der Waals surface area contributed by atoms with Crippen LogP contribution in [0.5, 0.6) is 5.75 Å². The second-order valence-electron chi connectivity index (χ2n) is 4.67. The fraction of sp³-hybridized carbons (Fsp3) is 0.267. The fourth-order valence-electron chi connectivity index (χ4n) is 2.24. The number of nitrogens with zero attached hydrogens (tertiary/aromatic N) is 1. The van der Waals surface area contributed by atoms with Gasteiger partial charge in [-0.25, -0.2) is 0 Å². The second-order valence-corrected chi connectivity index (χ2v) is 4.67. The van der Waals surface area contributed by atoms with Gasteiger partial charge in [0.05, 0.1) is 26.0 Å². The Balaban J connectivity index is 1.86. The molecular weight excluding hydrogens is 240 g/mol. The van der Waals surface area contributed by atoms with Crippen LogP contribution < -0.4 is 10.1 Å². The Morgan fingerprint density at radius 3 is 2.53 bits per heavy atom. The van der Waals surface area contributed by atoms with Crippen molar-refractivity contribution in [3.63, 3.8) is 0 Å². The van der Waals surface area contributed by atoms with E-state index in [4.69, 9.17) is 9.47 Å². The van der Waals surface area contributed by atoms with Crippen molar-refractivity contribution in [2.24, 2.45) is 0 Å². The van der Waals surface area contributed by atoms with Crippen LogP contribution in [0.2, 0.25) is 0 Å². The zero-order valence-electron chi connectivity index (χ0n) is 10.8. The average Bonchev–Trinajstić information content (AvgIpc) is 2.44. The molecule has 1 N–H and O–H groups in total. The number of hydrogen-bond acceptors (Lipinski definition) is 4. The molecule has 0 bridgehead atoms. The molecule has 1 aliphatic heterocycles. The van der Waals surface area contributed by atoms with Gasteiger partial charge in [0.2, 0.25) is 0 Å². The van der Waals surface area contributed by atoms with Crippen molar-refractivity contribution in [1.82, 2.24) is 4.98 Å². The smallest absolute Gasteiger partial charge is 0.118 e. The van der Waals surface area contributed by atoms with Crippen LogP contribution >= 0.6 is 0 Å². The molecule has 1 aromatic heterocycles. The fourth-order valence-corrected chi connectivity index (χ4v) is 2.24. The van der Waals surface area contributed by atoms with Crippen LogP contribution in [0.15, 0.2) is 48.8 Å². The van der Waals surface area contributed by atoms with Crippen molar-refractivity contribution in [2.45, 2.75) is 5.54 Å². The van der Waals surface area contributed by atoms with E-state index in [0.29, 0.717) is 13.2 Å². The minimum Gasteiger partial charge on any atom is -0.497 e. The van der Waals surface area contributed by atoms with E-state index in [0.717, 1.165) is 11.4 Å². The lowest BCUT2D eigenvalue weighted by atomic mass is 9.87. The number of nitrogens with one attached hydrogen (secondary N) is 1. The molecule has 98 valence electrons. The molecule has 2 aromatic rings. The molecular formula is C15H16N2O2. The van der Waals surface area contributed by atoms with Gasteiger partial charge in [0.25, 0.3) is 0 Å². The lowest BCUT2D eigenvalue weighted by Crippen LogP contribution is -2.52. The monoisotopic (exact) mass is 256 g/mol. The highest BCUT2D eigenvalue weighted by molar-refractivity contribution is 5.48. The van der Waals surface area contributed by atoms with Gasteiger partial charge in [-0.2, -0.15) is 0 Å². The summed E-state index contributed by atoms with van der Waals surface area (Å²) < 4.78 is 10.6. The number of hydrogen-bond donors (Lipinski definition) is 1. The summed E-state index contributed by atoms with van der Waals surface area (Å²) in [4.78, 5) is 4.12. The summed E-state index contributed by atoms with van der Waals surface area (Å²) in [6.07, 6.45) is 3.59. The number of methoxy groups -OCH3 is 1. The van der Waals surface area contributed by atoms with Crippen LogP contribution in [0.1, 0.15) is 5.56 Å². The molecule has 0 aliphatic carbocycles. The second kappa shape index (κ2) is 4.90. The Kier molecular flexibility index (Phi) is 3.09. The third kappa shape index (κ3) is 2.27. The van der Waals surface area contributed by atoms with Crippen LogP contribution in [0.3, 0.4) is 0 Å². The Bertz CT molecular complexity index is 536. The highest BCUT2D eigenvalue weighted by atomic mass is 16.5. The van der Waals surface area contributed by atoms with Crippen LogP contribution in [0, 0.1) is 0 Å². The normalized spacial score (nSPS) is 16.5. The van der Waals surface area contributed by atoms with Gasteiger partial charge in [-0.15, -0.1) is 0 Å². The molecule has 19 heavy (non-hydrogen) atoms. The molecule has 2 heterocycles. The van der Waals surface area contributed by atoms with Gasteiger partial charge in [-0.3, -0.25) is 4.98 Å². The maximum Gasteiger partial charge on any atom is 0.118 e. The van der Waals surface area contributed by atoms with Crippen molar-refractivity contribution in [3.05, 3.63) is 54.4 Å². The predicted octanol–water partition coefficient (Wildman–Crippen LogP) is 2.43. The third-order valence-corrected chi connectivity index (χ3v) is 3.38. The quantitative estimate of drug-likeness (QED) is 0.912. The highest BCUT2D eigenvalue weighted by Crippen LogP contribution is 2.34. The molecule has 0 atom stereocenters. The molecule has 0 spiro atoms. The molecule has 0 radical (unpaired) electrons. The van der Waals surface area contributed by atoms with Crippen molar-refractivity contribution >= 4 is 5.69 Å². The van der Waals surface area contributed by atoms with Crippen LogP contribution in [-0.2, 0) is 10.3 Å². The molecule has 0 saturated carbocycles. The number of benzene rings is 1. The molecule has 4 nitrogen and oxygen atoms in total. The van der Waals surface area contributed by atoms with Gasteiger partial charge in [0.15, 0.2) is 0 Å². The lowest BCUT2D eigenvalue weighted by molar-refractivity contribution is -0.0447. The van der Waals surface area contributed by atoms with Crippen LogP contribution in [0.25, 0.3) is 0 Å². The summed E-state index contributed by atoms with van der Waals surface area (Å²) in [6.45, 7) is 1.32. The zero-order chi connectivity index (χ0) is 13.1. The maximum absolute atomic E-state index is 5.41. The van der Waals surface area contributed by atoms with Crippen LogP contribution in [-0.4, -0.2) is 25.3 Å². The first-order valence-corrected chi connectivity index (χ1v) is 6.23. The van der Waals surface area contributed by atoms with E-state index in [-0.39, 0.29) is 5.54 Å². The van der Waals surface area contributed by atoms with Crippen LogP contribution in [0.4, 0.5) is 5.69 Å². The predicted molar refractivity (Wildman–Crippen MR) is 73.4 cm³/mol. The average molecular weight is 256 g/mol. The number of pyridine rings is 1. The van der Waals surface area contributed by atoms with Gasteiger partial charge >= 0.3 is 0 Å². The Morgan fingerprint density at radius 1 is 1.21 bits per heavy atom. The van der Waals surface area contributed by atoms with E-state index in [2.05, 4.69) is 22.4 Å². The maximum atomic E-state index is 5.41. The third-order valence-electron chi connectivity index (χ3n) is 3.38. The zero-order valence-corrected chi connectivity index (χ0v) is 10.8. The van der Waals surface area contributed by atoms with E-state index in [9.17, 15) is 0 Å². The molecule has 1 aromatic carbocycles. The number of anilines is 1. The Hall–Kier alpha value is -2.07. The summed E-state index contributed by atoms with van der Waals surface area (Å²) in [5.41, 5.74) is 2.04. The van der Waals surface area contributed by atoms with Crippen molar-refractivity contribution in [1.29, 1.82) is 0 Å². The van der Waals surface area contributed by atoms with E-state index < -0.39 is 0 Å². The first kappa shape index (κ1) is 12.0. The number of aromatic nitrogens is 1. The molecule has 0 amide bonds. The molecule has 3 rings (SSSR count). The minimum atomic E-state index is -0.157. The van der Waals surface area contributed by atoms with Crippen molar-refractivity contribution in [3.8, 4) is 5.75 Å². The summed E-state index contributed by atoms with van der Waals surface area (Å²) in [6, 6.07) is 12.0. The molecule has 1 saturated heterocycles. The van der Waals surface area contributed by atoms with Crippen molar-refractivity contribution < 1.29 is 9.47 Å². The van der Waals surface area contributed by atoms with Gasteiger partial charge in [0.1, 0.15) is 11.3 Å². The number of rotatable bonds is 4. The Morgan fingerprint density at radius 2 is 2.00 bits per heavy atom. The van der Waals surface area contributed by atoms with E-state index in [1.54, 1.807) is 13.3 Å². The number of ether oxygens (including phenoxy) is 2. The van der Waals surface area contributed by atoms with Gasteiger partial charge in [-0.05, 0) is 29.8 Å². The minimum absolute atomic E-state index is 0.157. The summed E-state index contributed by atoms with van der Waals surface area (Å²) in [5, 5.41) is 3.52. The standard InChI is InChI=1S/C15H16N2O2/c1-18-14-6-4-12(5-7-14)15(10-19-11-15)17-13-3-2-8-16-9-13/h2-9,17H,10-11H2,1H3. The first-order chi connectivity index (χ1) is 9.32. The summed E-state index contributed by atoms with van der Waals surface area (Å²) in [5.74, 6) is 0.862. The van der Waals surface area contributed by atoms with E-state index >= 15 is 0 Å². The van der Waals surface area contributed by atoms with Crippen molar-refractivity contribution in [2.75, 3.05) is 25.6 Å². The molecule has 0 unspecified atom stereocenters. The summed E-state index contributed by atoms with van der Waals surface area (Å²) >= 11 is 0.